The van der Waals surface area contributed by atoms with Gasteiger partial charge < -0.3 is 0 Å². The molecule has 0 radical (unpaired) electrons. The standard InChI is InChI=1S/C17H13Cl2N3O2S/c1-3-22(10(2)23)17-21-12(9-25-17)7-11(8-20)16(24)15-13(18)5-4-6-14(15)19/h4-7,9H,3H2,1-2H3/b11-7-. The Morgan fingerprint density at radius 3 is 2.52 bits per heavy atom. The fraction of sp³-hybridized carbons (Fsp3) is 0.176. The molecule has 1 heterocycles. The van der Waals surface area contributed by atoms with E-state index in [1.807, 2.05) is 13.0 Å². The van der Waals surface area contributed by atoms with E-state index in [1.165, 1.54) is 41.4 Å². The van der Waals surface area contributed by atoms with Crippen LogP contribution in [0.15, 0.2) is 29.2 Å². The number of allylic oxidation sites excluding steroid dienone is 1. The number of nitrogens with zero attached hydrogens (tertiary/aromatic N) is 3. The molecule has 8 heteroatoms. The summed E-state index contributed by atoms with van der Waals surface area (Å²) in [5.74, 6) is -0.710. The number of thiazole rings is 1. The molecule has 0 bridgehead atoms. The fourth-order valence-electron chi connectivity index (χ4n) is 2.10. The summed E-state index contributed by atoms with van der Waals surface area (Å²) in [7, 11) is 0. The number of hydrogen-bond acceptors (Lipinski definition) is 5. The molecule has 25 heavy (non-hydrogen) atoms. The van der Waals surface area contributed by atoms with Gasteiger partial charge in [-0.25, -0.2) is 4.98 Å². The zero-order chi connectivity index (χ0) is 18.6. The summed E-state index contributed by atoms with van der Waals surface area (Å²) < 4.78 is 0. The molecular formula is C17H13Cl2N3O2S. The minimum atomic E-state index is -0.577. The third kappa shape index (κ3) is 4.26. The van der Waals surface area contributed by atoms with Crippen molar-refractivity contribution in [3.8, 4) is 6.07 Å². The first-order valence-corrected chi connectivity index (χ1v) is 8.86. The van der Waals surface area contributed by atoms with E-state index in [2.05, 4.69) is 4.98 Å². The Morgan fingerprint density at radius 1 is 1.36 bits per heavy atom. The van der Waals surface area contributed by atoms with Crippen LogP contribution in [0.1, 0.15) is 29.9 Å². The van der Waals surface area contributed by atoms with E-state index in [0.29, 0.717) is 17.4 Å². The molecule has 0 aliphatic carbocycles. The first-order chi connectivity index (χ1) is 11.9. The van der Waals surface area contributed by atoms with E-state index in [4.69, 9.17) is 23.2 Å². The third-order valence-corrected chi connectivity index (χ3v) is 4.80. The second-order valence-electron chi connectivity index (χ2n) is 4.91. The zero-order valence-electron chi connectivity index (χ0n) is 13.4. The summed E-state index contributed by atoms with van der Waals surface area (Å²) >= 11 is 13.3. The van der Waals surface area contributed by atoms with Crippen molar-refractivity contribution in [3.63, 3.8) is 0 Å². The van der Waals surface area contributed by atoms with Gasteiger partial charge in [0.25, 0.3) is 0 Å². The minimum Gasteiger partial charge on any atom is -0.289 e. The molecule has 0 atom stereocenters. The smallest absolute Gasteiger partial charge is 0.225 e. The Morgan fingerprint density at radius 2 is 2.00 bits per heavy atom. The maximum atomic E-state index is 12.6. The Kier molecular flexibility index (Phi) is 6.32. The van der Waals surface area contributed by atoms with Crippen molar-refractivity contribution in [2.45, 2.75) is 13.8 Å². The van der Waals surface area contributed by atoms with Crippen LogP contribution in [0.5, 0.6) is 0 Å². The van der Waals surface area contributed by atoms with Crippen molar-refractivity contribution in [1.82, 2.24) is 4.98 Å². The molecule has 0 unspecified atom stereocenters. The third-order valence-electron chi connectivity index (χ3n) is 3.28. The molecule has 0 saturated carbocycles. The number of halogens is 2. The van der Waals surface area contributed by atoms with E-state index in [9.17, 15) is 14.9 Å². The van der Waals surface area contributed by atoms with Crippen molar-refractivity contribution in [1.29, 1.82) is 5.26 Å². The Labute approximate surface area is 159 Å². The van der Waals surface area contributed by atoms with Gasteiger partial charge in [0.15, 0.2) is 5.13 Å². The number of carbonyl (C=O) groups is 2. The SMILES string of the molecule is CCN(C(C)=O)c1nc(/C=C(/C#N)C(=O)c2c(Cl)cccc2Cl)cs1. The first kappa shape index (κ1) is 19.1. The fourth-order valence-corrected chi connectivity index (χ4v) is 3.56. The summed E-state index contributed by atoms with van der Waals surface area (Å²) in [6.45, 7) is 3.76. The van der Waals surface area contributed by atoms with Crippen molar-refractivity contribution in [3.05, 3.63) is 50.5 Å². The van der Waals surface area contributed by atoms with Crippen LogP contribution in [-0.4, -0.2) is 23.2 Å². The number of aromatic nitrogens is 1. The van der Waals surface area contributed by atoms with Crippen molar-refractivity contribution in [2.75, 3.05) is 11.4 Å². The van der Waals surface area contributed by atoms with Crippen LogP contribution in [-0.2, 0) is 4.79 Å². The average molecular weight is 394 g/mol. The lowest BCUT2D eigenvalue weighted by atomic mass is 10.0. The summed E-state index contributed by atoms with van der Waals surface area (Å²) in [6.07, 6.45) is 1.36. The predicted molar refractivity (Wildman–Crippen MR) is 100 cm³/mol. The molecule has 5 nitrogen and oxygen atoms in total. The number of ketones is 1. The number of benzene rings is 1. The second-order valence-corrected chi connectivity index (χ2v) is 6.56. The van der Waals surface area contributed by atoms with Crippen molar-refractivity contribution < 1.29 is 9.59 Å². The van der Waals surface area contributed by atoms with Gasteiger partial charge in [0.1, 0.15) is 11.6 Å². The van der Waals surface area contributed by atoms with Gasteiger partial charge in [-0.05, 0) is 25.1 Å². The van der Waals surface area contributed by atoms with Gasteiger partial charge in [-0.15, -0.1) is 11.3 Å². The number of hydrogen-bond donors (Lipinski definition) is 0. The highest BCUT2D eigenvalue weighted by Gasteiger charge is 2.20. The van der Waals surface area contributed by atoms with E-state index < -0.39 is 5.78 Å². The Balaban J connectivity index is 2.39. The van der Waals surface area contributed by atoms with Crippen LogP contribution >= 0.6 is 34.5 Å². The predicted octanol–water partition coefficient (Wildman–Crippen LogP) is 4.61. The van der Waals surface area contributed by atoms with Crippen LogP contribution in [0.25, 0.3) is 6.08 Å². The van der Waals surface area contributed by atoms with Gasteiger partial charge in [0.05, 0.1) is 21.3 Å². The Hall–Kier alpha value is -2.20. The van der Waals surface area contributed by atoms with E-state index in [-0.39, 0.29) is 27.1 Å². The highest BCUT2D eigenvalue weighted by Crippen LogP contribution is 2.28. The molecule has 0 saturated heterocycles. The van der Waals surface area contributed by atoms with Gasteiger partial charge in [-0.2, -0.15) is 5.26 Å². The number of anilines is 1. The molecule has 2 aromatic rings. The molecule has 1 amide bonds. The van der Waals surface area contributed by atoms with Gasteiger partial charge in [0.2, 0.25) is 11.7 Å². The maximum Gasteiger partial charge on any atom is 0.225 e. The lowest BCUT2D eigenvalue weighted by Gasteiger charge is -2.14. The molecule has 2 rings (SSSR count). The molecule has 0 aliphatic heterocycles. The summed E-state index contributed by atoms with van der Waals surface area (Å²) in [4.78, 5) is 29.9. The average Bonchev–Trinajstić information content (AvgIpc) is 3.00. The number of Topliss-reactive ketones (excluding diaryl/α,β-unsaturated/α-hetero) is 1. The van der Waals surface area contributed by atoms with Crippen LogP contribution in [0, 0.1) is 11.3 Å². The van der Waals surface area contributed by atoms with Crippen molar-refractivity contribution >= 4 is 57.4 Å². The Bertz CT molecular complexity index is 879. The monoisotopic (exact) mass is 393 g/mol. The molecule has 0 aliphatic rings. The molecule has 0 N–H and O–H groups in total. The second kappa shape index (κ2) is 8.26. The lowest BCUT2D eigenvalue weighted by Crippen LogP contribution is -2.27. The topological polar surface area (TPSA) is 74.1 Å². The highest BCUT2D eigenvalue weighted by atomic mass is 35.5. The maximum absolute atomic E-state index is 12.6. The number of carbonyl (C=O) groups excluding carboxylic acids is 2. The molecule has 0 fully saturated rings. The van der Waals surface area contributed by atoms with Gasteiger partial charge >= 0.3 is 0 Å². The molecule has 1 aromatic heterocycles. The van der Waals surface area contributed by atoms with Crippen LogP contribution in [0.4, 0.5) is 5.13 Å². The number of amides is 1. The summed E-state index contributed by atoms with van der Waals surface area (Å²) in [5.41, 5.74) is 0.346. The van der Waals surface area contributed by atoms with Gasteiger partial charge in [-0.3, -0.25) is 14.5 Å². The lowest BCUT2D eigenvalue weighted by molar-refractivity contribution is -0.116. The molecule has 0 spiro atoms. The molecule has 128 valence electrons. The first-order valence-electron chi connectivity index (χ1n) is 7.23. The van der Waals surface area contributed by atoms with E-state index >= 15 is 0 Å². The normalized spacial score (nSPS) is 11.1. The van der Waals surface area contributed by atoms with Gasteiger partial charge in [0, 0.05) is 18.8 Å². The minimum absolute atomic E-state index is 0.0769. The van der Waals surface area contributed by atoms with Crippen LogP contribution in [0.3, 0.4) is 0 Å². The summed E-state index contributed by atoms with van der Waals surface area (Å²) in [5, 5.41) is 11.9. The van der Waals surface area contributed by atoms with Crippen LogP contribution in [0.2, 0.25) is 10.0 Å². The zero-order valence-corrected chi connectivity index (χ0v) is 15.7. The van der Waals surface area contributed by atoms with Crippen LogP contribution < -0.4 is 4.90 Å². The molecule has 1 aromatic carbocycles. The highest BCUT2D eigenvalue weighted by molar-refractivity contribution is 7.14. The number of rotatable bonds is 5. The quantitative estimate of drug-likeness (QED) is 0.422. The number of nitriles is 1. The van der Waals surface area contributed by atoms with Crippen molar-refractivity contribution in [2.24, 2.45) is 0 Å². The summed E-state index contributed by atoms with van der Waals surface area (Å²) in [6, 6.07) is 6.53. The van der Waals surface area contributed by atoms with Gasteiger partial charge in [-0.1, -0.05) is 29.3 Å². The van der Waals surface area contributed by atoms with E-state index in [0.717, 1.165) is 0 Å². The largest absolute Gasteiger partial charge is 0.289 e. The van der Waals surface area contributed by atoms with E-state index in [1.54, 1.807) is 11.4 Å². The molecular weight excluding hydrogens is 381 g/mol.